The number of carbonyl (C=O) groups excluding carboxylic acids is 1. The average molecular weight is 317 g/mol. The summed E-state index contributed by atoms with van der Waals surface area (Å²) in [6, 6.07) is 11.2. The van der Waals surface area contributed by atoms with Crippen LogP contribution in [-0.4, -0.2) is 55.5 Å². The first-order valence-electron chi connectivity index (χ1n) is 8.64. The van der Waals surface area contributed by atoms with Crippen molar-refractivity contribution in [1.29, 1.82) is 0 Å². The van der Waals surface area contributed by atoms with Crippen molar-refractivity contribution in [3.63, 3.8) is 0 Å². The number of hydrogen-bond acceptors (Lipinski definition) is 3. The normalized spacial score (nSPS) is 20.4. The standard InChI is InChI=1S/C19H31N3O/c1-19(2,3)18(23)20-11-8-12-22-14-13-21(4)15-17(22)16-9-6-5-7-10-16/h5-7,9-10,17H,8,11-15H2,1-4H3,(H,20,23)/t17-/m0/s1. The molecule has 1 amide bonds. The molecular weight excluding hydrogens is 286 g/mol. The average Bonchev–Trinajstić information content (AvgIpc) is 2.52. The van der Waals surface area contributed by atoms with E-state index in [-0.39, 0.29) is 11.3 Å². The highest BCUT2D eigenvalue weighted by Gasteiger charge is 2.26. The third kappa shape index (κ3) is 5.33. The van der Waals surface area contributed by atoms with E-state index in [2.05, 4.69) is 52.5 Å². The molecule has 1 aliphatic heterocycles. The van der Waals surface area contributed by atoms with Crippen LogP contribution >= 0.6 is 0 Å². The van der Waals surface area contributed by atoms with Crippen LogP contribution in [0.25, 0.3) is 0 Å². The summed E-state index contributed by atoms with van der Waals surface area (Å²) in [7, 11) is 2.19. The van der Waals surface area contributed by atoms with Crippen LogP contribution in [0.4, 0.5) is 0 Å². The van der Waals surface area contributed by atoms with Gasteiger partial charge in [-0.25, -0.2) is 0 Å². The van der Waals surface area contributed by atoms with Crippen LogP contribution in [-0.2, 0) is 4.79 Å². The fraction of sp³-hybridized carbons (Fsp3) is 0.632. The van der Waals surface area contributed by atoms with Crippen molar-refractivity contribution in [2.75, 3.05) is 39.8 Å². The van der Waals surface area contributed by atoms with Crippen LogP contribution in [0.2, 0.25) is 0 Å². The molecule has 0 spiro atoms. The van der Waals surface area contributed by atoms with Crippen LogP contribution < -0.4 is 5.32 Å². The molecule has 0 bridgehead atoms. The maximum absolute atomic E-state index is 11.9. The van der Waals surface area contributed by atoms with Crippen molar-refractivity contribution >= 4 is 5.91 Å². The minimum atomic E-state index is -0.305. The zero-order chi connectivity index (χ0) is 16.9. The highest BCUT2D eigenvalue weighted by atomic mass is 16.2. The Hall–Kier alpha value is -1.39. The van der Waals surface area contributed by atoms with Crippen molar-refractivity contribution in [2.24, 2.45) is 5.41 Å². The van der Waals surface area contributed by atoms with Crippen LogP contribution in [0.15, 0.2) is 30.3 Å². The fourth-order valence-corrected chi connectivity index (χ4v) is 2.97. The summed E-state index contributed by atoms with van der Waals surface area (Å²) in [4.78, 5) is 16.9. The van der Waals surface area contributed by atoms with Crippen molar-refractivity contribution in [2.45, 2.75) is 33.2 Å². The van der Waals surface area contributed by atoms with Gasteiger partial charge in [0.2, 0.25) is 5.91 Å². The number of rotatable bonds is 5. The molecule has 0 unspecified atom stereocenters. The van der Waals surface area contributed by atoms with Gasteiger partial charge in [-0.1, -0.05) is 51.1 Å². The molecular formula is C19H31N3O. The Morgan fingerprint density at radius 2 is 1.91 bits per heavy atom. The third-order valence-electron chi connectivity index (χ3n) is 4.47. The van der Waals surface area contributed by atoms with E-state index < -0.39 is 0 Å². The minimum Gasteiger partial charge on any atom is -0.356 e. The van der Waals surface area contributed by atoms with E-state index in [1.165, 1.54) is 5.56 Å². The van der Waals surface area contributed by atoms with Crippen molar-refractivity contribution in [1.82, 2.24) is 15.1 Å². The molecule has 1 N–H and O–H groups in total. The summed E-state index contributed by atoms with van der Waals surface area (Å²) in [5.41, 5.74) is 1.08. The Labute approximate surface area is 140 Å². The second kappa shape index (κ2) is 7.93. The third-order valence-corrected chi connectivity index (χ3v) is 4.47. The predicted molar refractivity (Wildman–Crippen MR) is 95.3 cm³/mol. The van der Waals surface area contributed by atoms with E-state index in [0.29, 0.717) is 6.04 Å². The van der Waals surface area contributed by atoms with Gasteiger partial charge < -0.3 is 10.2 Å². The quantitative estimate of drug-likeness (QED) is 0.848. The zero-order valence-corrected chi connectivity index (χ0v) is 15.0. The van der Waals surface area contributed by atoms with E-state index in [1.54, 1.807) is 0 Å². The van der Waals surface area contributed by atoms with Crippen molar-refractivity contribution < 1.29 is 4.79 Å². The molecule has 0 saturated carbocycles. The maximum Gasteiger partial charge on any atom is 0.225 e. The van der Waals surface area contributed by atoms with Gasteiger partial charge in [0.25, 0.3) is 0 Å². The monoisotopic (exact) mass is 317 g/mol. The molecule has 4 nitrogen and oxygen atoms in total. The molecule has 128 valence electrons. The Bertz CT molecular complexity index is 495. The van der Waals surface area contributed by atoms with Crippen molar-refractivity contribution in [3.05, 3.63) is 35.9 Å². The number of carbonyl (C=O) groups is 1. The number of amides is 1. The van der Waals surface area contributed by atoms with Gasteiger partial charge >= 0.3 is 0 Å². The molecule has 4 heteroatoms. The van der Waals surface area contributed by atoms with Gasteiger partial charge in [0.15, 0.2) is 0 Å². The molecule has 1 aromatic rings. The summed E-state index contributed by atoms with van der Waals surface area (Å²) in [6.45, 7) is 10.9. The second-order valence-corrected chi connectivity index (χ2v) is 7.58. The summed E-state index contributed by atoms with van der Waals surface area (Å²) < 4.78 is 0. The predicted octanol–water partition coefficient (Wildman–Crippen LogP) is 2.53. The van der Waals surface area contributed by atoms with Gasteiger partial charge in [0.1, 0.15) is 0 Å². The van der Waals surface area contributed by atoms with Gasteiger partial charge in [0, 0.05) is 44.2 Å². The Morgan fingerprint density at radius 1 is 1.22 bits per heavy atom. The molecule has 0 radical (unpaired) electrons. The number of piperazine rings is 1. The lowest BCUT2D eigenvalue weighted by Crippen LogP contribution is -2.47. The molecule has 1 atom stereocenters. The smallest absolute Gasteiger partial charge is 0.225 e. The van der Waals surface area contributed by atoms with E-state index in [0.717, 1.165) is 39.1 Å². The van der Waals surface area contributed by atoms with Gasteiger partial charge in [-0.3, -0.25) is 9.69 Å². The lowest BCUT2D eigenvalue weighted by atomic mass is 9.96. The maximum atomic E-state index is 11.9. The number of likely N-dealkylation sites (N-methyl/N-ethyl adjacent to an activating group) is 1. The van der Waals surface area contributed by atoms with Gasteiger partial charge in [0.05, 0.1) is 0 Å². The van der Waals surface area contributed by atoms with Crippen LogP contribution in [0.1, 0.15) is 38.8 Å². The molecule has 1 fully saturated rings. The molecule has 2 rings (SSSR count). The summed E-state index contributed by atoms with van der Waals surface area (Å²) in [6.07, 6.45) is 0.995. The van der Waals surface area contributed by atoms with Crippen molar-refractivity contribution in [3.8, 4) is 0 Å². The number of nitrogens with zero attached hydrogens (tertiary/aromatic N) is 2. The molecule has 23 heavy (non-hydrogen) atoms. The summed E-state index contributed by atoms with van der Waals surface area (Å²) in [5.74, 6) is 0.135. The lowest BCUT2D eigenvalue weighted by Gasteiger charge is -2.40. The second-order valence-electron chi connectivity index (χ2n) is 7.58. The number of hydrogen-bond donors (Lipinski definition) is 1. The Balaban J connectivity index is 1.86. The molecule has 1 saturated heterocycles. The number of nitrogens with one attached hydrogen (secondary N) is 1. The number of benzene rings is 1. The molecule has 1 aromatic carbocycles. The first-order chi connectivity index (χ1) is 10.9. The molecule has 0 aromatic heterocycles. The summed E-state index contributed by atoms with van der Waals surface area (Å²) in [5, 5.41) is 3.05. The topological polar surface area (TPSA) is 35.6 Å². The van der Waals surface area contributed by atoms with E-state index >= 15 is 0 Å². The highest BCUT2D eigenvalue weighted by Crippen LogP contribution is 2.24. The Kier molecular flexibility index (Phi) is 6.19. The van der Waals surface area contributed by atoms with E-state index in [4.69, 9.17) is 0 Å². The van der Waals surface area contributed by atoms with Crippen LogP contribution in [0.5, 0.6) is 0 Å². The highest BCUT2D eigenvalue weighted by molar-refractivity contribution is 5.81. The van der Waals surface area contributed by atoms with E-state index in [9.17, 15) is 4.79 Å². The molecule has 0 aliphatic carbocycles. The first-order valence-corrected chi connectivity index (χ1v) is 8.64. The zero-order valence-electron chi connectivity index (χ0n) is 15.0. The largest absolute Gasteiger partial charge is 0.356 e. The van der Waals surface area contributed by atoms with Gasteiger partial charge in [-0.2, -0.15) is 0 Å². The van der Waals surface area contributed by atoms with Gasteiger partial charge in [-0.15, -0.1) is 0 Å². The van der Waals surface area contributed by atoms with E-state index in [1.807, 2.05) is 20.8 Å². The first kappa shape index (κ1) is 18.0. The molecule has 1 heterocycles. The van der Waals surface area contributed by atoms with Gasteiger partial charge in [-0.05, 0) is 19.0 Å². The Morgan fingerprint density at radius 3 is 2.57 bits per heavy atom. The molecule has 1 aliphatic rings. The lowest BCUT2D eigenvalue weighted by molar-refractivity contribution is -0.128. The fourth-order valence-electron chi connectivity index (χ4n) is 2.97. The summed E-state index contributed by atoms with van der Waals surface area (Å²) >= 11 is 0. The minimum absolute atomic E-state index is 0.135. The SMILES string of the molecule is CN1CCN(CCCNC(=O)C(C)(C)C)[C@H](c2ccccc2)C1. The van der Waals surface area contributed by atoms with Crippen LogP contribution in [0.3, 0.4) is 0 Å². The van der Waals surface area contributed by atoms with Crippen LogP contribution in [0, 0.1) is 5.41 Å².